The number of para-hydroxylation sites is 1. The third-order valence-electron chi connectivity index (χ3n) is 5.47. The lowest BCUT2D eigenvalue weighted by molar-refractivity contribution is 0.0938. The Hall–Kier alpha value is -3.85. The molecule has 180 valence electrons. The van der Waals surface area contributed by atoms with E-state index in [-0.39, 0.29) is 16.9 Å². The summed E-state index contributed by atoms with van der Waals surface area (Å²) < 4.78 is 54.9. The second kappa shape index (κ2) is 9.79. The first kappa shape index (κ1) is 24.3. The molecule has 3 aromatic carbocycles. The SMILES string of the molecule is CCC(NC(=O)c1c(NS(C)(=O)=O)c(-c2cccc(F)c2)nc2ccccc12)c1cccc(F)c1. The van der Waals surface area contributed by atoms with Gasteiger partial charge in [-0.2, -0.15) is 0 Å². The Morgan fingerprint density at radius 1 is 0.971 bits per heavy atom. The molecule has 1 heterocycles. The number of sulfonamides is 1. The van der Waals surface area contributed by atoms with Crippen LogP contribution in [0, 0.1) is 11.6 Å². The minimum atomic E-state index is -3.85. The van der Waals surface area contributed by atoms with Gasteiger partial charge >= 0.3 is 0 Å². The highest BCUT2D eigenvalue weighted by molar-refractivity contribution is 7.92. The number of amides is 1. The number of aromatic nitrogens is 1. The molecule has 1 aromatic heterocycles. The highest BCUT2D eigenvalue weighted by atomic mass is 32.2. The Labute approximate surface area is 202 Å². The van der Waals surface area contributed by atoms with Crippen LogP contribution in [0.4, 0.5) is 14.5 Å². The summed E-state index contributed by atoms with van der Waals surface area (Å²) in [6.07, 6.45) is 1.42. The first-order chi connectivity index (χ1) is 16.7. The van der Waals surface area contributed by atoms with Crippen LogP contribution in [-0.2, 0) is 10.0 Å². The molecular formula is C26H23F2N3O3S. The highest BCUT2D eigenvalue weighted by Crippen LogP contribution is 2.36. The fourth-order valence-electron chi connectivity index (χ4n) is 3.95. The van der Waals surface area contributed by atoms with Crippen molar-refractivity contribution >= 4 is 32.5 Å². The zero-order valence-electron chi connectivity index (χ0n) is 19.0. The van der Waals surface area contributed by atoms with Gasteiger partial charge in [0.15, 0.2) is 0 Å². The van der Waals surface area contributed by atoms with Gasteiger partial charge in [-0.15, -0.1) is 0 Å². The first-order valence-electron chi connectivity index (χ1n) is 10.9. The van der Waals surface area contributed by atoms with Crippen LogP contribution in [0.1, 0.15) is 35.3 Å². The standard InChI is InChI=1S/C26H23F2N3O3S/c1-3-21(16-8-6-10-18(27)14-16)30-26(32)23-20-12-4-5-13-22(20)29-24(25(23)31-35(2,33)34)17-9-7-11-19(28)15-17/h4-15,21,31H,3H2,1-2H3,(H,30,32). The van der Waals surface area contributed by atoms with Crippen molar-refractivity contribution in [2.75, 3.05) is 11.0 Å². The lowest BCUT2D eigenvalue weighted by atomic mass is 9.99. The molecule has 1 atom stereocenters. The summed E-state index contributed by atoms with van der Waals surface area (Å²) in [5.74, 6) is -1.55. The summed E-state index contributed by atoms with van der Waals surface area (Å²) in [5, 5.41) is 3.30. The smallest absolute Gasteiger partial charge is 0.254 e. The maximum Gasteiger partial charge on any atom is 0.254 e. The van der Waals surface area contributed by atoms with Crippen molar-refractivity contribution in [2.45, 2.75) is 19.4 Å². The quantitative estimate of drug-likeness (QED) is 0.358. The molecule has 0 aliphatic carbocycles. The number of nitrogens with zero attached hydrogens (tertiary/aromatic N) is 1. The maximum atomic E-state index is 14.1. The third kappa shape index (κ3) is 5.46. The minimum Gasteiger partial charge on any atom is -0.345 e. The number of rotatable bonds is 7. The van der Waals surface area contributed by atoms with Crippen LogP contribution in [0.25, 0.3) is 22.2 Å². The number of pyridine rings is 1. The molecule has 2 N–H and O–H groups in total. The molecule has 35 heavy (non-hydrogen) atoms. The lowest BCUT2D eigenvalue weighted by Crippen LogP contribution is -2.30. The Bertz CT molecular complexity index is 1520. The minimum absolute atomic E-state index is 0.0372. The van der Waals surface area contributed by atoms with Crippen molar-refractivity contribution in [3.63, 3.8) is 0 Å². The monoisotopic (exact) mass is 495 g/mol. The molecule has 4 rings (SSSR count). The van der Waals surface area contributed by atoms with Gasteiger partial charge in [0.25, 0.3) is 5.91 Å². The van der Waals surface area contributed by atoms with E-state index in [1.165, 1.54) is 30.3 Å². The number of hydrogen-bond donors (Lipinski definition) is 2. The second-order valence-electron chi connectivity index (χ2n) is 8.10. The van der Waals surface area contributed by atoms with Gasteiger partial charge in [0.2, 0.25) is 10.0 Å². The fourth-order valence-corrected chi connectivity index (χ4v) is 4.52. The number of halogens is 2. The fraction of sp³-hybridized carbons (Fsp3) is 0.154. The van der Waals surface area contributed by atoms with E-state index in [1.807, 2.05) is 6.92 Å². The van der Waals surface area contributed by atoms with Crippen molar-refractivity contribution in [3.8, 4) is 11.3 Å². The predicted molar refractivity (Wildman–Crippen MR) is 133 cm³/mol. The van der Waals surface area contributed by atoms with E-state index in [1.54, 1.807) is 42.5 Å². The van der Waals surface area contributed by atoms with Crippen molar-refractivity contribution in [1.82, 2.24) is 10.3 Å². The molecule has 0 aliphatic heterocycles. The normalized spacial score (nSPS) is 12.3. The van der Waals surface area contributed by atoms with Gasteiger partial charge in [-0.1, -0.05) is 49.4 Å². The molecule has 9 heteroatoms. The van der Waals surface area contributed by atoms with E-state index in [2.05, 4.69) is 15.0 Å². The molecule has 0 saturated carbocycles. The molecule has 0 aliphatic rings. The van der Waals surface area contributed by atoms with Gasteiger partial charge < -0.3 is 5.32 Å². The Kier molecular flexibility index (Phi) is 6.79. The zero-order chi connectivity index (χ0) is 25.2. The van der Waals surface area contributed by atoms with Crippen molar-refractivity contribution < 1.29 is 22.0 Å². The summed E-state index contributed by atoms with van der Waals surface area (Å²) >= 11 is 0. The summed E-state index contributed by atoms with van der Waals surface area (Å²) in [7, 11) is -3.85. The first-order valence-corrected chi connectivity index (χ1v) is 12.8. The van der Waals surface area contributed by atoms with Crippen LogP contribution in [0.5, 0.6) is 0 Å². The molecule has 1 unspecified atom stereocenters. The summed E-state index contributed by atoms with van der Waals surface area (Å²) in [4.78, 5) is 18.3. The Morgan fingerprint density at radius 3 is 2.31 bits per heavy atom. The molecule has 1 amide bonds. The van der Waals surface area contributed by atoms with Gasteiger partial charge in [0, 0.05) is 10.9 Å². The molecule has 0 spiro atoms. The topological polar surface area (TPSA) is 88.2 Å². The van der Waals surface area contributed by atoms with Crippen LogP contribution >= 0.6 is 0 Å². The van der Waals surface area contributed by atoms with E-state index in [0.29, 0.717) is 28.5 Å². The molecule has 0 saturated heterocycles. The van der Waals surface area contributed by atoms with Crippen LogP contribution in [0.15, 0.2) is 72.8 Å². The number of hydrogen-bond acceptors (Lipinski definition) is 4. The van der Waals surface area contributed by atoms with E-state index >= 15 is 0 Å². The van der Waals surface area contributed by atoms with Crippen molar-refractivity contribution in [2.24, 2.45) is 0 Å². The van der Waals surface area contributed by atoms with Crippen LogP contribution in [0.3, 0.4) is 0 Å². The molecule has 0 bridgehead atoms. The van der Waals surface area contributed by atoms with Crippen LogP contribution in [0.2, 0.25) is 0 Å². The van der Waals surface area contributed by atoms with Crippen molar-refractivity contribution in [1.29, 1.82) is 0 Å². The Morgan fingerprint density at radius 2 is 1.66 bits per heavy atom. The zero-order valence-corrected chi connectivity index (χ0v) is 19.9. The number of fused-ring (bicyclic) bond motifs is 1. The van der Waals surface area contributed by atoms with E-state index < -0.39 is 33.6 Å². The van der Waals surface area contributed by atoms with E-state index in [0.717, 1.165) is 6.26 Å². The lowest BCUT2D eigenvalue weighted by Gasteiger charge is -2.21. The number of carbonyl (C=O) groups is 1. The summed E-state index contributed by atoms with van der Waals surface area (Å²) in [6, 6.07) is 17.7. The average molecular weight is 496 g/mol. The highest BCUT2D eigenvalue weighted by Gasteiger charge is 2.25. The number of nitrogens with one attached hydrogen (secondary N) is 2. The summed E-state index contributed by atoms with van der Waals surface area (Å²) in [6.45, 7) is 1.84. The van der Waals surface area contributed by atoms with Gasteiger partial charge in [0.1, 0.15) is 11.6 Å². The van der Waals surface area contributed by atoms with Gasteiger partial charge in [-0.25, -0.2) is 22.2 Å². The maximum absolute atomic E-state index is 14.1. The molecule has 0 radical (unpaired) electrons. The van der Waals surface area contributed by atoms with Crippen molar-refractivity contribution in [3.05, 3.63) is 95.6 Å². The summed E-state index contributed by atoms with van der Waals surface area (Å²) in [5.41, 5.74) is 1.38. The largest absolute Gasteiger partial charge is 0.345 e. The van der Waals surface area contributed by atoms with Gasteiger partial charge in [0.05, 0.1) is 34.8 Å². The van der Waals surface area contributed by atoms with Gasteiger partial charge in [-0.3, -0.25) is 9.52 Å². The molecular weight excluding hydrogens is 472 g/mol. The number of carbonyl (C=O) groups excluding carboxylic acids is 1. The second-order valence-corrected chi connectivity index (χ2v) is 9.85. The number of benzene rings is 3. The molecule has 0 fully saturated rings. The van der Waals surface area contributed by atoms with E-state index in [4.69, 9.17) is 0 Å². The Balaban J connectivity index is 1.94. The van der Waals surface area contributed by atoms with Gasteiger partial charge in [-0.05, 0) is 42.3 Å². The predicted octanol–water partition coefficient (Wildman–Crippen LogP) is 5.43. The van der Waals surface area contributed by atoms with Crippen LogP contribution in [-0.4, -0.2) is 25.6 Å². The average Bonchev–Trinajstić information content (AvgIpc) is 2.81. The van der Waals surface area contributed by atoms with E-state index in [9.17, 15) is 22.0 Å². The third-order valence-corrected chi connectivity index (χ3v) is 6.04. The number of anilines is 1. The molecule has 4 aromatic rings. The van der Waals surface area contributed by atoms with Crippen LogP contribution < -0.4 is 10.0 Å². The molecule has 6 nitrogen and oxygen atoms in total.